The van der Waals surface area contributed by atoms with Crippen LogP contribution in [0.2, 0.25) is 0 Å². The zero-order valence-electron chi connectivity index (χ0n) is 16.2. The monoisotopic (exact) mass is 326 g/mol. The van der Waals surface area contributed by atoms with Crippen molar-refractivity contribution in [3.05, 3.63) is 0 Å². The van der Waals surface area contributed by atoms with E-state index in [0.717, 1.165) is 57.7 Å². The van der Waals surface area contributed by atoms with Crippen molar-refractivity contribution < 1.29 is 9.53 Å². The molecule has 4 heteroatoms. The van der Waals surface area contributed by atoms with Crippen molar-refractivity contribution >= 4 is 5.91 Å². The zero-order chi connectivity index (χ0) is 17.5. The van der Waals surface area contributed by atoms with E-state index in [9.17, 15) is 4.79 Å². The van der Waals surface area contributed by atoms with Crippen molar-refractivity contribution in [1.82, 2.24) is 10.2 Å². The minimum atomic E-state index is -0.0602. The molecule has 0 aromatic carbocycles. The number of amides is 1. The standard InChI is InChI=1S/C19H38N2O2/c1-18(2,10-7-11-19(3,4)23-6)14-17(22)21-12-8-16(9-13-21)15-20-5/h16,20H,7-15H2,1-6H3. The molecule has 4 nitrogen and oxygen atoms in total. The fourth-order valence-electron chi connectivity index (χ4n) is 3.38. The smallest absolute Gasteiger partial charge is 0.223 e. The van der Waals surface area contributed by atoms with Crippen LogP contribution < -0.4 is 5.32 Å². The number of nitrogens with zero attached hydrogens (tertiary/aromatic N) is 1. The SMILES string of the molecule is CNCC1CCN(C(=O)CC(C)(C)CCCC(C)(C)OC)CC1. The highest BCUT2D eigenvalue weighted by Crippen LogP contribution is 2.31. The number of nitrogens with one attached hydrogen (secondary N) is 1. The van der Waals surface area contributed by atoms with Crippen molar-refractivity contribution in [1.29, 1.82) is 0 Å². The molecule has 1 aliphatic rings. The third kappa shape index (κ3) is 7.67. The van der Waals surface area contributed by atoms with Crippen LogP contribution >= 0.6 is 0 Å². The lowest BCUT2D eigenvalue weighted by Crippen LogP contribution is -2.41. The van der Waals surface area contributed by atoms with Crippen molar-refractivity contribution in [2.24, 2.45) is 11.3 Å². The molecule has 1 rings (SSSR count). The predicted octanol–water partition coefficient (Wildman–Crippen LogP) is 3.46. The van der Waals surface area contributed by atoms with Gasteiger partial charge in [0.1, 0.15) is 0 Å². The summed E-state index contributed by atoms with van der Waals surface area (Å²) in [6.07, 6.45) is 6.14. The second kappa shape index (κ2) is 9.03. The molecule has 0 aromatic rings. The molecule has 0 saturated carbocycles. The number of hydrogen-bond donors (Lipinski definition) is 1. The number of rotatable bonds is 9. The Kier molecular flexibility index (Phi) is 8.02. The normalized spacial score (nSPS) is 17.6. The first-order valence-electron chi connectivity index (χ1n) is 9.17. The van der Waals surface area contributed by atoms with Crippen molar-refractivity contribution in [3.63, 3.8) is 0 Å². The molecular formula is C19H38N2O2. The van der Waals surface area contributed by atoms with Gasteiger partial charge in [0.2, 0.25) is 5.91 Å². The summed E-state index contributed by atoms with van der Waals surface area (Å²) in [4.78, 5) is 14.7. The molecule has 1 aliphatic heterocycles. The summed E-state index contributed by atoms with van der Waals surface area (Å²) in [7, 11) is 3.78. The van der Waals surface area contributed by atoms with E-state index in [4.69, 9.17) is 4.74 Å². The maximum absolute atomic E-state index is 12.6. The van der Waals surface area contributed by atoms with E-state index in [0.29, 0.717) is 12.3 Å². The van der Waals surface area contributed by atoms with Gasteiger partial charge >= 0.3 is 0 Å². The van der Waals surface area contributed by atoms with Crippen LogP contribution in [0, 0.1) is 11.3 Å². The predicted molar refractivity (Wildman–Crippen MR) is 96.6 cm³/mol. The van der Waals surface area contributed by atoms with E-state index in [2.05, 4.69) is 37.9 Å². The Hall–Kier alpha value is -0.610. The highest BCUT2D eigenvalue weighted by atomic mass is 16.5. The van der Waals surface area contributed by atoms with Gasteiger partial charge in [-0.25, -0.2) is 0 Å². The molecule has 0 bridgehead atoms. The van der Waals surface area contributed by atoms with E-state index in [1.165, 1.54) is 0 Å². The minimum absolute atomic E-state index is 0.0602. The van der Waals surface area contributed by atoms with Crippen LogP contribution in [0.15, 0.2) is 0 Å². The number of piperidine rings is 1. The van der Waals surface area contributed by atoms with Gasteiger partial charge in [0.25, 0.3) is 0 Å². The van der Waals surface area contributed by atoms with Crippen LogP contribution in [0.3, 0.4) is 0 Å². The Morgan fingerprint density at radius 2 is 1.78 bits per heavy atom. The second-order valence-electron chi connectivity index (χ2n) is 8.54. The van der Waals surface area contributed by atoms with Gasteiger partial charge in [0.05, 0.1) is 5.60 Å². The summed E-state index contributed by atoms with van der Waals surface area (Å²) >= 11 is 0. The lowest BCUT2D eigenvalue weighted by atomic mass is 9.82. The van der Waals surface area contributed by atoms with Gasteiger partial charge in [-0.3, -0.25) is 4.79 Å². The largest absolute Gasteiger partial charge is 0.379 e. The molecular weight excluding hydrogens is 288 g/mol. The van der Waals surface area contributed by atoms with Crippen LogP contribution in [-0.2, 0) is 9.53 Å². The number of likely N-dealkylation sites (tertiary alicyclic amines) is 1. The molecule has 0 atom stereocenters. The minimum Gasteiger partial charge on any atom is -0.379 e. The summed E-state index contributed by atoms with van der Waals surface area (Å²) in [5.41, 5.74) is 0.0119. The first kappa shape index (κ1) is 20.4. The molecule has 0 aliphatic carbocycles. The number of methoxy groups -OCH3 is 1. The summed E-state index contributed by atoms with van der Waals surface area (Å²) in [5, 5.41) is 3.25. The molecule has 1 heterocycles. The van der Waals surface area contributed by atoms with Crippen LogP contribution in [0.25, 0.3) is 0 Å². The number of hydrogen-bond acceptors (Lipinski definition) is 3. The summed E-state index contributed by atoms with van der Waals surface area (Å²) in [6, 6.07) is 0. The van der Waals surface area contributed by atoms with E-state index >= 15 is 0 Å². The van der Waals surface area contributed by atoms with Crippen molar-refractivity contribution in [3.8, 4) is 0 Å². The first-order valence-corrected chi connectivity index (χ1v) is 9.17. The van der Waals surface area contributed by atoms with Gasteiger partial charge in [-0.05, 0) is 64.5 Å². The maximum atomic E-state index is 12.6. The van der Waals surface area contributed by atoms with E-state index in [-0.39, 0.29) is 11.0 Å². The number of carbonyl (C=O) groups is 1. The van der Waals surface area contributed by atoms with Gasteiger partial charge in [0.15, 0.2) is 0 Å². The quantitative estimate of drug-likeness (QED) is 0.705. The highest BCUT2D eigenvalue weighted by Gasteiger charge is 2.28. The molecule has 0 spiro atoms. The van der Waals surface area contributed by atoms with Crippen LogP contribution in [0.5, 0.6) is 0 Å². The van der Waals surface area contributed by atoms with Gasteiger partial charge < -0.3 is 15.0 Å². The highest BCUT2D eigenvalue weighted by molar-refractivity contribution is 5.76. The average molecular weight is 327 g/mol. The van der Waals surface area contributed by atoms with Crippen molar-refractivity contribution in [2.45, 2.75) is 71.8 Å². The zero-order valence-corrected chi connectivity index (χ0v) is 16.2. The third-order valence-electron chi connectivity index (χ3n) is 5.27. The van der Waals surface area contributed by atoms with E-state index in [1.54, 1.807) is 7.11 Å². The molecule has 1 saturated heterocycles. The fourth-order valence-corrected chi connectivity index (χ4v) is 3.38. The topological polar surface area (TPSA) is 41.6 Å². The molecule has 1 amide bonds. The molecule has 1 fully saturated rings. The average Bonchev–Trinajstić information content (AvgIpc) is 2.47. The Morgan fingerprint density at radius 1 is 1.17 bits per heavy atom. The molecule has 0 aromatic heterocycles. The van der Waals surface area contributed by atoms with Crippen molar-refractivity contribution in [2.75, 3.05) is 33.8 Å². The number of carbonyl (C=O) groups excluding carboxylic acids is 1. The molecule has 0 radical (unpaired) electrons. The summed E-state index contributed by atoms with van der Waals surface area (Å²) < 4.78 is 5.48. The van der Waals surface area contributed by atoms with Crippen LogP contribution in [-0.4, -0.2) is 50.2 Å². The second-order valence-corrected chi connectivity index (χ2v) is 8.54. The number of ether oxygens (including phenoxy) is 1. The molecule has 23 heavy (non-hydrogen) atoms. The Labute approximate surface area is 143 Å². The Bertz CT molecular complexity index is 358. The first-order chi connectivity index (χ1) is 10.7. The molecule has 136 valence electrons. The maximum Gasteiger partial charge on any atom is 0.223 e. The van der Waals surface area contributed by atoms with Gasteiger partial charge in [-0.2, -0.15) is 0 Å². The molecule has 1 N–H and O–H groups in total. The Morgan fingerprint density at radius 3 is 2.30 bits per heavy atom. The molecule has 0 unspecified atom stereocenters. The Balaban J connectivity index is 2.34. The van der Waals surface area contributed by atoms with Crippen LogP contribution in [0.1, 0.15) is 66.2 Å². The van der Waals surface area contributed by atoms with E-state index < -0.39 is 0 Å². The summed E-state index contributed by atoms with van der Waals surface area (Å²) in [5.74, 6) is 1.07. The van der Waals surface area contributed by atoms with Crippen LogP contribution in [0.4, 0.5) is 0 Å². The third-order valence-corrected chi connectivity index (χ3v) is 5.27. The lowest BCUT2D eigenvalue weighted by molar-refractivity contribution is -0.134. The van der Waals surface area contributed by atoms with Gasteiger partial charge in [-0.15, -0.1) is 0 Å². The van der Waals surface area contributed by atoms with Gasteiger partial charge in [-0.1, -0.05) is 20.3 Å². The van der Waals surface area contributed by atoms with E-state index in [1.807, 2.05) is 7.05 Å². The fraction of sp³-hybridized carbons (Fsp3) is 0.947. The van der Waals surface area contributed by atoms with Gasteiger partial charge in [0, 0.05) is 26.6 Å². The summed E-state index contributed by atoms with van der Waals surface area (Å²) in [6.45, 7) is 11.6. The lowest BCUT2D eigenvalue weighted by Gasteiger charge is -2.35.